The van der Waals surface area contributed by atoms with Crippen LogP contribution in [-0.4, -0.2) is 19.1 Å². The van der Waals surface area contributed by atoms with Gasteiger partial charge in [0.05, 0.1) is 5.69 Å². The molecule has 2 aromatic carbocycles. The van der Waals surface area contributed by atoms with E-state index < -0.39 is 0 Å². The number of nitrogens with zero attached hydrogens (tertiary/aromatic N) is 4. The normalized spacial score (nSPS) is 11.4. The minimum atomic E-state index is -0.0127. The zero-order chi connectivity index (χ0) is 24.5. The van der Waals surface area contributed by atoms with E-state index in [2.05, 4.69) is 26.0 Å². The van der Waals surface area contributed by atoms with Crippen LogP contribution in [0.3, 0.4) is 0 Å². The molecule has 5 aromatic rings. The Morgan fingerprint density at radius 3 is 2.43 bits per heavy atom. The molecule has 0 N–H and O–H groups in total. The molecular weight excluding hydrogens is 456 g/mol. The van der Waals surface area contributed by atoms with Crippen molar-refractivity contribution in [1.29, 1.82) is 0 Å². The van der Waals surface area contributed by atoms with Crippen molar-refractivity contribution in [3.05, 3.63) is 88.2 Å². The molecule has 0 aliphatic rings. The van der Waals surface area contributed by atoms with Crippen molar-refractivity contribution in [3.8, 4) is 22.6 Å². The van der Waals surface area contributed by atoms with Crippen molar-refractivity contribution >= 4 is 22.8 Å². The quantitative estimate of drug-likeness (QED) is 0.198. The van der Waals surface area contributed by atoms with Gasteiger partial charge in [-0.2, -0.15) is 0 Å². The minimum absolute atomic E-state index is 0.0127. The third-order valence-electron chi connectivity index (χ3n) is 6.10. The van der Waals surface area contributed by atoms with Gasteiger partial charge in [0.2, 0.25) is 5.89 Å². The first-order valence-electron chi connectivity index (χ1n) is 11.8. The second kappa shape index (κ2) is 9.58. The van der Waals surface area contributed by atoms with Gasteiger partial charge in [0.25, 0.3) is 5.56 Å². The minimum Gasteiger partial charge on any atom is -0.441 e. The predicted octanol–water partition coefficient (Wildman–Crippen LogP) is 6.38. The summed E-state index contributed by atoms with van der Waals surface area (Å²) < 4.78 is 9.65. The number of hydrogen-bond donors (Lipinski definition) is 0. The summed E-state index contributed by atoms with van der Waals surface area (Å²) in [4.78, 5) is 23.3. The molecular formula is C28H28N4O2S. The number of thioether (sulfide) groups is 1. The van der Waals surface area contributed by atoms with E-state index in [1.807, 2.05) is 67.2 Å². The van der Waals surface area contributed by atoms with Crippen molar-refractivity contribution in [2.45, 2.75) is 44.6 Å². The summed E-state index contributed by atoms with van der Waals surface area (Å²) in [6.45, 7) is 6.67. The Hall–Kier alpha value is -3.58. The van der Waals surface area contributed by atoms with E-state index in [4.69, 9.17) is 14.4 Å². The highest BCUT2D eigenvalue weighted by atomic mass is 32.2. The van der Waals surface area contributed by atoms with Crippen molar-refractivity contribution in [3.63, 3.8) is 0 Å². The number of rotatable bonds is 7. The standard InChI is InChI=1S/C28H28N4O2S/c1-5-15-32-27(33)25-24(22(16-31(25)4)20-9-7-6-8-10-20)30-28(32)35-17-23-19(3)34-26(29-23)21-13-11-18(2)12-14-21/h6-14,16H,5,15,17H2,1-4H3. The van der Waals surface area contributed by atoms with Crippen LogP contribution in [0.5, 0.6) is 0 Å². The molecule has 0 spiro atoms. The van der Waals surface area contributed by atoms with Crippen LogP contribution < -0.4 is 5.56 Å². The molecule has 0 saturated carbocycles. The predicted molar refractivity (Wildman–Crippen MR) is 142 cm³/mol. The van der Waals surface area contributed by atoms with Crippen molar-refractivity contribution < 1.29 is 4.42 Å². The lowest BCUT2D eigenvalue weighted by atomic mass is 10.1. The van der Waals surface area contributed by atoms with Gasteiger partial charge in [-0.25, -0.2) is 9.97 Å². The van der Waals surface area contributed by atoms with Crippen LogP contribution in [0.15, 0.2) is 75.2 Å². The first-order valence-corrected chi connectivity index (χ1v) is 12.8. The molecule has 0 unspecified atom stereocenters. The second-order valence-electron chi connectivity index (χ2n) is 8.74. The lowest BCUT2D eigenvalue weighted by Crippen LogP contribution is -2.24. The largest absolute Gasteiger partial charge is 0.441 e. The molecule has 6 nitrogen and oxygen atoms in total. The highest BCUT2D eigenvalue weighted by Gasteiger charge is 2.20. The summed E-state index contributed by atoms with van der Waals surface area (Å²) in [5, 5.41) is 0.701. The van der Waals surface area contributed by atoms with Gasteiger partial charge >= 0.3 is 0 Å². The van der Waals surface area contributed by atoms with Gasteiger partial charge in [-0.15, -0.1) is 0 Å². The van der Waals surface area contributed by atoms with Gasteiger partial charge < -0.3 is 8.98 Å². The molecule has 3 aromatic heterocycles. The van der Waals surface area contributed by atoms with Gasteiger partial charge in [0, 0.05) is 36.7 Å². The lowest BCUT2D eigenvalue weighted by molar-refractivity contribution is 0.540. The van der Waals surface area contributed by atoms with Crippen molar-refractivity contribution in [1.82, 2.24) is 19.1 Å². The van der Waals surface area contributed by atoms with Crippen molar-refractivity contribution in [2.24, 2.45) is 7.05 Å². The maximum atomic E-state index is 13.6. The molecule has 7 heteroatoms. The lowest BCUT2D eigenvalue weighted by Gasteiger charge is -2.11. The zero-order valence-electron chi connectivity index (χ0n) is 20.4. The average Bonchev–Trinajstić information content (AvgIpc) is 3.40. The van der Waals surface area contributed by atoms with E-state index in [1.54, 1.807) is 4.57 Å². The van der Waals surface area contributed by atoms with Crippen LogP contribution in [-0.2, 0) is 19.3 Å². The number of hydrogen-bond acceptors (Lipinski definition) is 5. The Morgan fingerprint density at radius 2 is 1.71 bits per heavy atom. The molecule has 0 radical (unpaired) electrons. The molecule has 5 rings (SSSR count). The van der Waals surface area contributed by atoms with E-state index in [-0.39, 0.29) is 5.56 Å². The Morgan fingerprint density at radius 1 is 0.971 bits per heavy atom. The molecule has 0 aliphatic carbocycles. The van der Waals surface area contributed by atoms with E-state index in [1.165, 1.54) is 17.3 Å². The highest BCUT2D eigenvalue weighted by molar-refractivity contribution is 7.98. The first-order chi connectivity index (χ1) is 17.0. The summed E-state index contributed by atoms with van der Waals surface area (Å²) in [7, 11) is 1.91. The second-order valence-corrected chi connectivity index (χ2v) is 9.69. The summed E-state index contributed by atoms with van der Waals surface area (Å²) in [5.74, 6) is 1.96. The Balaban J connectivity index is 1.53. The van der Waals surface area contributed by atoms with Gasteiger partial charge in [-0.3, -0.25) is 9.36 Å². The summed E-state index contributed by atoms with van der Waals surface area (Å²) in [6, 6.07) is 18.2. The molecule has 0 atom stereocenters. The van der Waals surface area contributed by atoms with Gasteiger partial charge in [-0.1, -0.05) is 66.7 Å². The third-order valence-corrected chi connectivity index (χ3v) is 7.09. The van der Waals surface area contributed by atoms with Crippen LogP contribution in [0.1, 0.15) is 30.4 Å². The molecule has 178 valence electrons. The summed E-state index contributed by atoms with van der Waals surface area (Å²) in [6.07, 6.45) is 2.84. The number of aryl methyl sites for hydroxylation is 3. The van der Waals surface area contributed by atoms with E-state index >= 15 is 0 Å². The maximum absolute atomic E-state index is 13.6. The molecule has 3 heterocycles. The van der Waals surface area contributed by atoms with Gasteiger partial charge in [0.1, 0.15) is 16.8 Å². The third kappa shape index (κ3) is 4.44. The van der Waals surface area contributed by atoms with Crippen LogP contribution in [0.2, 0.25) is 0 Å². The Bertz CT molecular complexity index is 1550. The fourth-order valence-electron chi connectivity index (χ4n) is 4.22. The van der Waals surface area contributed by atoms with E-state index in [0.29, 0.717) is 28.9 Å². The van der Waals surface area contributed by atoms with E-state index in [9.17, 15) is 4.79 Å². The van der Waals surface area contributed by atoms with Crippen LogP contribution >= 0.6 is 11.8 Å². The highest BCUT2D eigenvalue weighted by Crippen LogP contribution is 2.31. The smallest absolute Gasteiger partial charge is 0.278 e. The molecule has 0 saturated heterocycles. The molecule has 35 heavy (non-hydrogen) atoms. The fraction of sp³-hybridized carbons (Fsp3) is 0.250. The van der Waals surface area contributed by atoms with Crippen LogP contribution in [0.25, 0.3) is 33.6 Å². The fourth-order valence-corrected chi connectivity index (χ4v) is 5.24. The van der Waals surface area contributed by atoms with Gasteiger partial charge in [0.15, 0.2) is 5.16 Å². The van der Waals surface area contributed by atoms with Crippen LogP contribution in [0, 0.1) is 13.8 Å². The number of fused-ring (bicyclic) bond motifs is 1. The maximum Gasteiger partial charge on any atom is 0.278 e. The van der Waals surface area contributed by atoms with Crippen LogP contribution in [0.4, 0.5) is 0 Å². The molecule has 0 amide bonds. The van der Waals surface area contributed by atoms with E-state index in [0.717, 1.165) is 40.1 Å². The monoisotopic (exact) mass is 484 g/mol. The molecule has 0 fully saturated rings. The number of oxazole rings is 1. The molecule has 0 aliphatic heterocycles. The first kappa shape index (κ1) is 23.2. The Labute approximate surface area is 208 Å². The zero-order valence-corrected chi connectivity index (χ0v) is 21.2. The summed E-state index contributed by atoms with van der Waals surface area (Å²) >= 11 is 1.53. The Kier molecular flexibility index (Phi) is 6.34. The SMILES string of the molecule is CCCn1c(SCc2nc(-c3ccc(C)cc3)oc2C)nc2c(-c3ccccc3)cn(C)c2c1=O. The number of benzene rings is 2. The average molecular weight is 485 g/mol. The topological polar surface area (TPSA) is 65.8 Å². The van der Waals surface area contributed by atoms with Gasteiger partial charge in [-0.05, 0) is 38.0 Å². The van der Waals surface area contributed by atoms with Crippen molar-refractivity contribution in [2.75, 3.05) is 0 Å². The summed E-state index contributed by atoms with van der Waals surface area (Å²) in [5.41, 5.74) is 6.36. The number of aromatic nitrogens is 4. The molecule has 0 bridgehead atoms.